The Labute approximate surface area is 272 Å². The van der Waals surface area contributed by atoms with E-state index in [0.717, 1.165) is 38.7 Å². The van der Waals surface area contributed by atoms with E-state index in [1.54, 1.807) is 0 Å². The number of aromatic nitrogens is 4. The van der Waals surface area contributed by atoms with Gasteiger partial charge in [0.2, 0.25) is 5.95 Å². The van der Waals surface area contributed by atoms with Crippen molar-refractivity contribution in [1.29, 1.82) is 0 Å². The lowest BCUT2D eigenvalue weighted by molar-refractivity contribution is 0.954. The monoisotopic (exact) mass is 600 g/mol. The van der Waals surface area contributed by atoms with Crippen molar-refractivity contribution in [2.45, 2.75) is 0 Å². The summed E-state index contributed by atoms with van der Waals surface area (Å²) in [5.74, 6) is 1.86. The maximum atomic E-state index is 5.14. The Kier molecular flexibility index (Phi) is 6.43. The number of nitrogens with zero attached hydrogens (tertiary/aromatic N) is 4. The minimum atomic E-state index is 0.588. The molecule has 0 spiro atoms. The zero-order valence-corrected chi connectivity index (χ0v) is 25.5. The number of rotatable bonds is 5. The summed E-state index contributed by atoms with van der Waals surface area (Å²) >= 11 is 0. The van der Waals surface area contributed by atoms with Crippen molar-refractivity contribution in [1.82, 2.24) is 19.5 Å². The van der Waals surface area contributed by atoms with Gasteiger partial charge in [0.15, 0.2) is 11.6 Å². The molecule has 9 aromatic rings. The molecule has 0 N–H and O–H groups in total. The van der Waals surface area contributed by atoms with Gasteiger partial charge in [-0.25, -0.2) is 4.98 Å². The number of hydrogen-bond acceptors (Lipinski definition) is 3. The second-order valence-corrected chi connectivity index (χ2v) is 11.7. The van der Waals surface area contributed by atoms with Crippen LogP contribution in [0.4, 0.5) is 0 Å². The summed E-state index contributed by atoms with van der Waals surface area (Å²) in [7, 11) is 0. The molecule has 0 saturated carbocycles. The molecule has 4 nitrogen and oxygen atoms in total. The highest BCUT2D eigenvalue weighted by molar-refractivity contribution is 6.21. The maximum absolute atomic E-state index is 5.14. The molecule has 0 bridgehead atoms. The van der Waals surface area contributed by atoms with Crippen LogP contribution < -0.4 is 0 Å². The van der Waals surface area contributed by atoms with E-state index in [9.17, 15) is 0 Å². The van der Waals surface area contributed by atoms with Gasteiger partial charge in [0.1, 0.15) is 0 Å². The molecule has 0 aliphatic rings. The summed E-state index contributed by atoms with van der Waals surface area (Å²) in [6.07, 6.45) is 0. The van der Waals surface area contributed by atoms with Crippen LogP contribution in [0.3, 0.4) is 0 Å². The van der Waals surface area contributed by atoms with Gasteiger partial charge in [-0.3, -0.25) is 4.57 Å². The first kappa shape index (κ1) is 27.0. The van der Waals surface area contributed by atoms with Gasteiger partial charge in [-0.15, -0.1) is 0 Å². The minimum absolute atomic E-state index is 0.588. The molecule has 0 radical (unpaired) electrons. The predicted octanol–water partition coefficient (Wildman–Crippen LogP) is 10.8. The van der Waals surface area contributed by atoms with Gasteiger partial charge in [-0.1, -0.05) is 158 Å². The van der Waals surface area contributed by atoms with E-state index in [-0.39, 0.29) is 0 Å². The fraction of sp³-hybridized carbons (Fsp3) is 0. The molecule has 0 atom stereocenters. The van der Waals surface area contributed by atoms with Gasteiger partial charge < -0.3 is 0 Å². The second-order valence-electron chi connectivity index (χ2n) is 11.7. The number of benzene rings is 7. The predicted molar refractivity (Wildman–Crippen MR) is 193 cm³/mol. The smallest absolute Gasteiger partial charge is 0.238 e. The van der Waals surface area contributed by atoms with Crippen LogP contribution in [0.5, 0.6) is 0 Å². The number of fused-ring (bicyclic) bond motifs is 5. The summed E-state index contributed by atoms with van der Waals surface area (Å²) in [6, 6.07) is 59.3. The van der Waals surface area contributed by atoms with Crippen LogP contribution in [0.2, 0.25) is 0 Å². The van der Waals surface area contributed by atoms with E-state index >= 15 is 0 Å². The van der Waals surface area contributed by atoms with Crippen LogP contribution >= 0.6 is 0 Å². The third kappa shape index (κ3) is 4.75. The fourth-order valence-corrected chi connectivity index (χ4v) is 6.57. The van der Waals surface area contributed by atoms with Gasteiger partial charge in [-0.05, 0) is 45.2 Å². The molecular weight excluding hydrogens is 573 g/mol. The molecule has 9 rings (SSSR count). The van der Waals surface area contributed by atoms with Gasteiger partial charge in [-0.2, -0.15) is 9.97 Å². The molecule has 0 aliphatic carbocycles. The van der Waals surface area contributed by atoms with Crippen LogP contribution in [-0.4, -0.2) is 19.5 Å². The van der Waals surface area contributed by atoms with Crippen LogP contribution in [0.15, 0.2) is 170 Å². The van der Waals surface area contributed by atoms with Crippen molar-refractivity contribution in [2.24, 2.45) is 0 Å². The molecule has 0 aliphatic heterocycles. The molecule has 7 aromatic carbocycles. The number of hydrogen-bond donors (Lipinski definition) is 0. The second kappa shape index (κ2) is 11.2. The average molecular weight is 601 g/mol. The van der Waals surface area contributed by atoms with E-state index in [0.29, 0.717) is 17.6 Å². The Balaban J connectivity index is 1.31. The normalized spacial score (nSPS) is 11.4. The van der Waals surface area contributed by atoms with Crippen molar-refractivity contribution in [2.75, 3.05) is 0 Å². The zero-order chi connectivity index (χ0) is 31.2. The first-order valence-corrected chi connectivity index (χ1v) is 15.8. The lowest BCUT2D eigenvalue weighted by atomic mass is 9.99. The van der Waals surface area contributed by atoms with E-state index in [4.69, 9.17) is 15.0 Å². The van der Waals surface area contributed by atoms with Crippen LogP contribution in [0.1, 0.15) is 0 Å². The summed E-state index contributed by atoms with van der Waals surface area (Å²) < 4.78 is 2.21. The Bertz CT molecular complexity index is 2480. The molecule has 47 heavy (non-hydrogen) atoms. The van der Waals surface area contributed by atoms with E-state index in [1.165, 1.54) is 27.3 Å². The summed E-state index contributed by atoms with van der Waals surface area (Å²) in [5.41, 5.74) is 8.68. The highest BCUT2D eigenvalue weighted by Gasteiger charge is 2.20. The Hall–Kier alpha value is -6.39. The molecule has 2 aromatic heterocycles. The fourth-order valence-electron chi connectivity index (χ4n) is 6.57. The highest BCUT2D eigenvalue weighted by Crippen LogP contribution is 2.39. The third-order valence-corrected chi connectivity index (χ3v) is 8.87. The summed E-state index contributed by atoms with van der Waals surface area (Å²) in [4.78, 5) is 15.2. The van der Waals surface area contributed by atoms with Crippen molar-refractivity contribution >= 4 is 32.6 Å². The Morgan fingerprint density at radius 3 is 1.49 bits per heavy atom. The summed E-state index contributed by atoms with van der Waals surface area (Å²) in [5, 5.41) is 4.75. The third-order valence-electron chi connectivity index (χ3n) is 8.87. The molecule has 0 amide bonds. The minimum Gasteiger partial charge on any atom is -0.278 e. The molecule has 0 saturated heterocycles. The molecule has 2 heterocycles. The van der Waals surface area contributed by atoms with Crippen LogP contribution in [-0.2, 0) is 0 Å². The largest absolute Gasteiger partial charge is 0.278 e. The molecule has 4 heteroatoms. The van der Waals surface area contributed by atoms with Gasteiger partial charge >= 0.3 is 0 Å². The topological polar surface area (TPSA) is 43.6 Å². The van der Waals surface area contributed by atoms with Crippen LogP contribution in [0, 0.1) is 0 Å². The first-order chi connectivity index (χ1) is 23.3. The van der Waals surface area contributed by atoms with Crippen molar-refractivity contribution < 1.29 is 0 Å². The molecule has 220 valence electrons. The highest BCUT2D eigenvalue weighted by atomic mass is 15.2. The average Bonchev–Trinajstić information content (AvgIpc) is 3.50. The van der Waals surface area contributed by atoms with Gasteiger partial charge in [0.05, 0.1) is 11.0 Å². The van der Waals surface area contributed by atoms with Crippen molar-refractivity contribution in [3.8, 4) is 51.0 Å². The van der Waals surface area contributed by atoms with E-state index in [1.807, 2.05) is 66.7 Å². The quantitative estimate of drug-likeness (QED) is 0.197. The Morgan fingerprint density at radius 2 is 0.851 bits per heavy atom. The Morgan fingerprint density at radius 1 is 0.340 bits per heavy atom. The zero-order valence-electron chi connectivity index (χ0n) is 25.5. The van der Waals surface area contributed by atoms with Gasteiger partial charge in [0, 0.05) is 21.9 Å². The summed E-state index contributed by atoms with van der Waals surface area (Å²) in [6.45, 7) is 0. The SMILES string of the molecule is c1ccc(-c2ccc(-c3ccc4c5c6ccccc6ccc5n(-c5nc(-c6ccccc6)nc(-c6ccccc6)n5)c4c3)cc2)cc1. The lowest BCUT2D eigenvalue weighted by Crippen LogP contribution is -2.06. The standard InChI is InChI=1S/C43H28N4/c1-4-12-29(13-5-1)30-20-22-31(23-21-30)35-24-26-37-39(28-35)47(38-27-25-32-14-10-11-19-36(32)40(37)38)43-45-41(33-15-6-2-7-16-33)44-42(46-43)34-17-8-3-9-18-34/h1-28H. The molecule has 0 unspecified atom stereocenters. The maximum Gasteiger partial charge on any atom is 0.238 e. The van der Waals surface area contributed by atoms with Crippen molar-refractivity contribution in [3.05, 3.63) is 170 Å². The van der Waals surface area contributed by atoms with E-state index in [2.05, 4.69) is 108 Å². The van der Waals surface area contributed by atoms with Crippen molar-refractivity contribution in [3.63, 3.8) is 0 Å². The lowest BCUT2D eigenvalue weighted by Gasteiger charge is -2.11. The first-order valence-electron chi connectivity index (χ1n) is 15.8. The van der Waals surface area contributed by atoms with Crippen LogP contribution in [0.25, 0.3) is 83.6 Å². The molecular formula is C43H28N4. The van der Waals surface area contributed by atoms with Gasteiger partial charge in [0.25, 0.3) is 0 Å². The van der Waals surface area contributed by atoms with E-state index < -0.39 is 0 Å². The molecule has 0 fully saturated rings.